The summed E-state index contributed by atoms with van der Waals surface area (Å²) in [6, 6.07) is 28.3. The smallest absolute Gasteiger partial charge is 0.238 e. The van der Waals surface area contributed by atoms with E-state index in [1.807, 2.05) is 60.7 Å². The van der Waals surface area contributed by atoms with Crippen molar-refractivity contribution in [3.63, 3.8) is 0 Å². The molecule has 0 aliphatic carbocycles. The van der Waals surface area contributed by atoms with Crippen LogP contribution >= 0.6 is 0 Å². The zero-order valence-electron chi connectivity index (χ0n) is 14.6. The van der Waals surface area contributed by atoms with Crippen LogP contribution in [0.1, 0.15) is 17.5 Å². The predicted octanol–water partition coefficient (Wildman–Crippen LogP) is 4.58. The molecule has 3 rings (SSSR count). The molecule has 0 saturated heterocycles. The molecule has 0 aliphatic rings. The Labute approximate surface area is 154 Å². The number of carbonyl (C=O) groups excluding carboxylic acids is 1. The van der Waals surface area contributed by atoms with Gasteiger partial charge < -0.3 is 0 Å². The number of amides is 1. The summed E-state index contributed by atoms with van der Waals surface area (Å²) in [5.41, 5.74) is 10.7. The number of aryl methyl sites for hydroxylation is 1. The van der Waals surface area contributed by atoms with Crippen molar-refractivity contribution in [2.75, 3.05) is 0 Å². The molecular weight excluding hydrogens is 320 g/mol. The summed E-state index contributed by atoms with van der Waals surface area (Å²) in [6.07, 6.45) is 1.14. The molecule has 0 heterocycles. The molecule has 3 nitrogen and oxygen atoms in total. The Hall–Kier alpha value is -3.33. The second-order valence-electron chi connectivity index (χ2n) is 6.08. The fraction of sp³-hybridized carbons (Fsp3) is 0.0870. The van der Waals surface area contributed by atoms with Gasteiger partial charge in [-0.2, -0.15) is 0 Å². The summed E-state index contributed by atoms with van der Waals surface area (Å²) in [5, 5.41) is 0. The Kier molecular flexibility index (Phi) is 5.84. The maximum atomic E-state index is 12.0. The molecule has 0 bridgehead atoms. The van der Waals surface area contributed by atoms with Gasteiger partial charge in [-0.25, -0.2) is 0 Å². The van der Waals surface area contributed by atoms with Crippen molar-refractivity contribution in [1.82, 2.24) is 10.9 Å². The summed E-state index contributed by atoms with van der Waals surface area (Å²) < 4.78 is 0. The molecule has 0 fully saturated rings. The molecule has 26 heavy (non-hydrogen) atoms. The zero-order valence-corrected chi connectivity index (χ0v) is 14.6. The number of hydrogen-bond donors (Lipinski definition) is 2. The highest BCUT2D eigenvalue weighted by atomic mass is 16.2. The normalized spacial score (nSPS) is 10.2. The molecule has 2 N–H and O–H groups in total. The van der Waals surface area contributed by atoms with E-state index in [0.29, 0.717) is 18.5 Å². The van der Waals surface area contributed by atoms with Crippen LogP contribution in [0, 0.1) is 0 Å². The molecule has 0 aromatic heterocycles. The maximum Gasteiger partial charge on any atom is 0.238 e. The van der Waals surface area contributed by atoms with Crippen LogP contribution in [0.2, 0.25) is 0 Å². The lowest BCUT2D eigenvalue weighted by atomic mass is 10.0. The maximum absolute atomic E-state index is 12.0. The van der Waals surface area contributed by atoms with Crippen LogP contribution in [0.15, 0.2) is 91.5 Å². The molecule has 0 unspecified atom stereocenters. The first-order valence-electron chi connectivity index (χ1n) is 8.66. The van der Waals surface area contributed by atoms with Crippen molar-refractivity contribution in [1.29, 1.82) is 0 Å². The molecular formula is C23H22N2O. The van der Waals surface area contributed by atoms with Gasteiger partial charge in [-0.3, -0.25) is 15.6 Å². The van der Waals surface area contributed by atoms with Crippen LogP contribution in [0.4, 0.5) is 0 Å². The van der Waals surface area contributed by atoms with Crippen molar-refractivity contribution in [3.05, 3.63) is 103 Å². The second kappa shape index (κ2) is 8.67. The Morgan fingerprint density at radius 1 is 0.731 bits per heavy atom. The quantitative estimate of drug-likeness (QED) is 0.617. The highest BCUT2D eigenvalue weighted by Gasteiger charge is 2.04. The summed E-state index contributed by atoms with van der Waals surface area (Å²) in [6.45, 7) is 3.99. The van der Waals surface area contributed by atoms with Gasteiger partial charge in [-0.15, -0.1) is 0 Å². The Bertz CT molecular complexity index is 856. The number of rotatable bonds is 7. The molecule has 0 radical (unpaired) electrons. The van der Waals surface area contributed by atoms with Gasteiger partial charge in [0.1, 0.15) is 0 Å². The van der Waals surface area contributed by atoms with Gasteiger partial charge >= 0.3 is 0 Å². The van der Waals surface area contributed by atoms with Crippen LogP contribution in [0.5, 0.6) is 0 Å². The SMILES string of the molecule is C=C(NNC(=O)CCc1ccccc1)c1ccc(-c2ccccc2)cc1. The number of benzene rings is 3. The minimum absolute atomic E-state index is 0.0593. The summed E-state index contributed by atoms with van der Waals surface area (Å²) in [5.74, 6) is -0.0593. The molecule has 130 valence electrons. The summed E-state index contributed by atoms with van der Waals surface area (Å²) in [7, 11) is 0. The van der Waals surface area contributed by atoms with Gasteiger partial charge in [-0.05, 0) is 28.7 Å². The van der Waals surface area contributed by atoms with Gasteiger partial charge in [0.25, 0.3) is 0 Å². The monoisotopic (exact) mass is 342 g/mol. The lowest BCUT2D eigenvalue weighted by Gasteiger charge is -2.12. The summed E-state index contributed by atoms with van der Waals surface area (Å²) >= 11 is 0. The number of hydrazine groups is 1. The van der Waals surface area contributed by atoms with E-state index >= 15 is 0 Å². The van der Waals surface area contributed by atoms with Gasteiger partial charge in [0.05, 0.1) is 5.70 Å². The van der Waals surface area contributed by atoms with Crippen LogP contribution in [0.25, 0.3) is 16.8 Å². The minimum atomic E-state index is -0.0593. The first-order chi connectivity index (χ1) is 12.7. The Balaban J connectivity index is 1.49. The lowest BCUT2D eigenvalue weighted by Crippen LogP contribution is -2.35. The Morgan fingerprint density at radius 3 is 1.96 bits per heavy atom. The number of hydrogen-bond acceptors (Lipinski definition) is 2. The van der Waals surface area contributed by atoms with Gasteiger partial charge in [0.15, 0.2) is 0 Å². The van der Waals surface area contributed by atoms with Gasteiger partial charge in [0, 0.05) is 6.42 Å². The van der Waals surface area contributed by atoms with Crippen molar-refractivity contribution < 1.29 is 4.79 Å². The molecule has 3 aromatic carbocycles. The molecule has 0 saturated carbocycles. The van der Waals surface area contributed by atoms with Crippen LogP contribution in [-0.4, -0.2) is 5.91 Å². The van der Waals surface area contributed by atoms with E-state index < -0.39 is 0 Å². The van der Waals surface area contributed by atoms with E-state index in [9.17, 15) is 4.79 Å². The molecule has 0 spiro atoms. The minimum Gasteiger partial charge on any atom is -0.299 e. The third-order valence-electron chi connectivity index (χ3n) is 4.18. The lowest BCUT2D eigenvalue weighted by molar-refractivity contribution is -0.121. The fourth-order valence-corrected chi connectivity index (χ4v) is 2.68. The summed E-state index contributed by atoms with van der Waals surface area (Å²) in [4.78, 5) is 12.0. The fourth-order valence-electron chi connectivity index (χ4n) is 2.68. The first-order valence-corrected chi connectivity index (χ1v) is 8.66. The van der Waals surface area contributed by atoms with Crippen molar-refractivity contribution in [3.8, 4) is 11.1 Å². The van der Waals surface area contributed by atoms with E-state index in [-0.39, 0.29) is 5.91 Å². The third-order valence-corrected chi connectivity index (χ3v) is 4.18. The molecule has 3 aromatic rings. The van der Waals surface area contributed by atoms with Crippen molar-refractivity contribution in [2.24, 2.45) is 0 Å². The predicted molar refractivity (Wildman–Crippen MR) is 107 cm³/mol. The second-order valence-corrected chi connectivity index (χ2v) is 6.08. The van der Waals surface area contributed by atoms with Crippen molar-refractivity contribution >= 4 is 11.6 Å². The average molecular weight is 342 g/mol. The average Bonchev–Trinajstić information content (AvgIpc) is 2.72. The van der Waals surface area contributed by atoms with E-state index in [1.54, 1.807) is 0 Å². The number of nitrogens with one attached hydrogen (secondary N) is 2. The largest absolute Gasteiger partial charge is 0.299 e. The molecule has 0 aliphatic heterocycles. The standard InChI is InChI=1S/C23H22N2O/c1-18(24-25-23(26)17-12-19-8-4-2-5-9-19)20-13-15-22(16-14-20)21-10-6-3-7-11-21/h2-11,13-16,24H,1,12,17H2,(H,25,26). The van der Waals surface area contributed by atoms with Crippen LogP contribution < -0.4 is 10.9 Å². The number of carbonyl (C=O) groups is 1. The van der Waals surface area contributed by atoms with E-state index in [1.165, 1.54) is 5.56 Å². The van der Waals surface area contributed by atoms with Gasteiger partial charge in [0.2, 0.25) is 5.91 Å². The molecule has 1 amide bonds. The highest BCUT2D eigenvalue weighted by molar-refractivity contribution is 5.77. The van der Waals surface area contributed by atoms with E-state index in [4.69, 9.17) is 0 Å². The van der Waals surface area contributed by atoms with Gasteiger partial charge in [-0.1, -0.05) is 91.5 Å². The van der Waals surface area contributed by atoms with Crippen LogP contribution in [-0.2, 0) is 11.2 Å². The van der Waals surface area contributed by atoms with E-state index in [0.717, 1.165) is 16.7 Å². The third kappa shape index (κ3) is 4.84. The topological polar surface area (TPSA) is 41.1 Å². The molecule has 0 atom stereocenters. The highest BCUT2D eigenvalue weighted by Crippen LogP contribution is 2.20. The Morgan fingerprint density at radius 2 is 1.31 bits per heavy atom. The zero-order chi connectivity index (χ0) is 18.2. The van der Waals surface area contributed by atoms with Crippen LogP contribution in [0.3, 0.4) is 0 Å². The van der Waals surface area contributed by atoms with Crippen molar-refractivity contribution in [2.45, 2.75) is 12.8 Å². The first kappa shape index (κ1) is 17.5. The molecule has 3 heteroatoms. The van der Waals surface area contributed by atoms with E-state index in [2.05, 4.69) is 41.7 Å².